The number of halogens is 1. The zero-order chi connectivity index (χ0) is 11.0. The molecule has 0 amide bonds. The molecule has 0 rings (SSSR count). The quantitative estimate of drug-likeness (QED) is 0.150. The van der Waals surface area contributed by atoms with Gasteiger partial charge in [-0.05, 0) is 29.5 Å². The Bertz CT molecular complexity index is 167. The largest absolute Gasteiger partial charge is 0.631 e. The number of alkyl halides is 1. The van der Waals surface area contributed by atoms with Crippen LogP contribution in [-0.4, -0.2) is 43.5 Å². The first-order valence-electron chi connectivity index (χ1n) is 2.89. The van der Waals surface area contributed by atoms with Gasteiger partial charge < -0.3 is 24.9 Å². The maximum atomic E-state index is 10.1. The summed E-state index contributed by atoms with van der Waals surface area (Å²) in [5.41, 5.74) is 0. The van der Waals surface area contributed by atoms with Crippen LogP contribution in [0.25, 0.3) is 0 Å². The number of aliphatic carboxylic acids is 1. The summed E-state index contributed by atoms with van der Waals surface area (Å²) in [5.74, 6) is -2.77. The number of esters is 1. The molecule has 0 aliphatic rings. The van der Waals surface area contributed by atoms with Crippen molar-refractivity contribution in [2.75, 3.05) is 0 Å². The third-order valence-electron chi connectivity index (χ3n) is 0.444. The molecule has 0 aromatic heterocycles. The van der Waals surface area contributed by atoms with Crippen molar-refractivity contribution in [3.8, 4) is 0 Å². The van der Waals surface area contributed by atoms with Crippen LogP contribution in [0.2, 0.25) is 0 Å². The minimum atomic E-state index is -2.17. The predicted molar refractivity (Wildman–Crippen MR) is 49.6 cm³/mol. The maximum Gasteiger partial charge on any atom is 0.631 e. The smallest absolute Gasteiger partial charge is 0.473 e. The van der Waals surface area contributed by atoms with E-state index in [0.717, 1.165) is 0 Å². The average molecular weight is 306 g/mol. The highest BCUT2D eigenvalue weighted by Gasteiger charge is 2.14. The van der Waals surface area contributed by atoms with Gasteiger partial charge in [0.25, 0.3) is 0 Å². The molecular formula is C4H8BIO7. The van der Waals surface area contributed by atoms with Crippen molar-refractivity contribution in [3.05, 3.63) is 0 Å². The molecule has 1 atom stereocenters. The van der Waals surface area contributed by atoms with E-state index in [0.29, 0.717) is 0 Å². The minimum Gasteiger partial charge on any atom is -0.473 e. The van der Waals surface area contributed by atoms with E-state index in [1.807, 2.05) is 0 Å². The molecule has 0 aromatic rings. The van der Waals surface area contributed by atoms with Gasteiger partial charge >= 0.3 is 19.3 Å². The number of carboxylic acids is 1. The lowest BCUT2D eigenvalue weighted by Gasteiger charge is -2.00. The molecule has 0 aliphatic heterocycles. The van der Waals surface area contributed by atoms with Crippen LogP contribution in [0.15, 0.2) is 0 Å². The first-order valence-corrected chi connectivity index (χ1v) is 4.14. The second kappa shape index (κ2) is 8.22. The van der Waals surface area contributed by atoms with Crippen LogP contribution in [0, 0.1) is 0 Å². The SMILES string of the molecule is CC(I)OC(=O)C(=O)O.OB(O)O. The number of ether oxygens (including phenoxy) is 1. The molecule has 4 N–H and O–H groups in total. The Hall–Kier alpha value is -0.385. The van der Waals surface area contributed by atoms with Gasteiger partial charge in [-0.1, -0.05) is 0 Å². The fourth-order valence-electron chi connectivity index (χ4n) is 0.198. The van der Waals surface area contributed by atoms with Gasteiger partial charge in [0.2, 0.25) is 0 Å². The van der Waals surface area contributed by atoms with Gasteiger partial charge in [-0.3, -0.25) is 0 Å². The van der Waals surface area contributed by atoms with Gasteiger partial charge in [0.1, 0.15) is 4.11 Å². The minimum absolute atomic E-state index is 0.397. The van der Waals surface area contributed by atoms with E-state index < -0.39 is 23.4 Å². The molecule has 0 saturated heterocycles. The Morgan fingerprint density at radius 1 is 1.38 bits per heavy atom. The molecule has 13 heavy (non-hydrogen) atoms. The van der Waals surface area contributed by atoms with Crippen molar-refractivity contribution < 1.29 is 34.5 Å². The molecule has 0 saturated carbocycles. The Morgan fingerprint density at radius 2 is 1.69 bits per heavy atom. The van der Waals surface area contributed by atoms with E-state index in [1.54, 1.807) is 29.5 Å². The summed E-state index contributed by atoms with van der Waals surface area (Å²) in [6.45, 7) is 1.57. The Morgan fingerprint density at radius 3 is 1.77 bits per heavy atom. The second-order valence-corrected chi connectivity index (χ2v) is 3.35. The van der Waals surface area contributed by atoms with Crippen molar-refractivity contribution in [1.29, 1.82) is 0 Å². The lowest BCUT2D eigenvalue weighted by Crippen LogP contribution is -2.18. The van der Waals surface area contributed by atoms with Crippen molar-refractivity contribution >= 4 is 41.9 Å². The number of carboxylic acid groups (broad SMARTS) is 1. The molecule has 7 nitrogen and oxygen atoms in total. The highest BCUT2D eigenvalue weighted by Crippen LogP contribution is 1.99. The van der Waals surface area contributed by atoms with Crippen LogP contribution in [0.1, 0.15) is 6.92 Å². The van der Waals surface area contributed by atoms with Gasteiger partial charge in [-0.25, -0.2) is 9.59 Å². The van der Waals surface area contributed by atoms with Crippen LogP contribution in [0.4, 0.5) is 0 Å². The molecule has 1 unspecified atom stereocenters. The number of hydrogen-bond acceptors (Lipinski definition) is 6. The van der Waals surface area contributed by atoms with Gasteiger partial charge in [0, 0.05) is 0 Å². The van der Waals surface area contributed by atoms with E-state index in [4.69, 9.17) is 20.2 Å². The lowest BCUT2D eigenvalue weighted by molar-refractivity contribution is -0.164. The summed E-state index contributed by atoms with van der Waals surface area (Å²) < 4.78 is 3.86. The predicted octanol–water partition coefficient (Wildman–Crippen LogP) is -1.66. The summed E-state index contributed by atoms with van der Waals surface area (Å²) in [5, 5.41) is 29.5. The van der Waals surface area contributed by atoms with Crippen LogP contribution in [0.5, 0.6) is 0 Å². The third kappa shape index (κ3) is 18.5. The molecule has 0 bridgehead atoms. The van der Waals surface area contributed by atoms with Crippen molar-refractivity contribution in [1.82, 2.24) is 0 Å². The van der Waals surface area contributed by atoms with E-state index in [9.17, 15) is 9.59 Å². The van der Waals surface area contributed by atoms with Crippen LogP contribution in [0.3, 0.4) is 0 Å². The summed E-state index contributed by atoms with van der Waals surface area (Å²) in [7, 11) is -2.17. The highest BCUT2D eigenvalue weighted by atomic mass is 127. The van der Waals surface area contributed by atoms with Crippen molar-refractivity contribution in [2.45, 2.75) is 11.0 Å². The molecule has 9 heteroatoms. The number of carbonyl (C=O) groups excluding carboxylic acids is 1. The number of rotatable bonds is 1. The summed E-state index contributed by atoms with van der Waals surface area (Å²) >= 11 is 1.78. The summed E-state index contributed by atoms with van der Waals surface area (Å²) in [6, 6.07) is 0. The zero-order valence-corrected chi connectivity index (χ0v) is 8.70. The molecule has 0 aliphatic carbocycles. The van der Waals surface area contributed by atoms with Crippen molar-refractivity contribution in [2.24, 2.45) is 0 Å². The van der Waals surface area contributed by atoms with Gasteiger partial charge in [0.05, 0.1) is 0 Å². The molecule has 0 fully saturated rings. The van der Waals surface area contributed by atoms with E-state index in [-0.39, 0.29) is 0 Å². The first-order chi connectivity index (χ1) is 5.77. The summed E-state index contributed by atoms with van der Waals surface area (Å²) in [4.78, 5) is 19.9. The van der Waals surface area contributed by atoms with Crippen molar-refractivity contribution in [3.63, 3.8) is 0 Å². The number of carbonyl (C=O) groups is 2. The number of hydrogen-bond donors (Lipinski definition) is 4. The average Bonchev–Trinajstić information content (AvgIpc) is 1.83. The normalized spacial score (nSPS) is 10.5. The Kier molecular flexibility index (Phi) is 9.55. The fraction of sp³-hybridized carbons (Fsp3) is 0.500. The van der Waals surface area contributed by atoms with Gasteiger partial charge in [0.15, 0.2) is 0 Å². The molecule has 0 spiro atoms. The first kappa shape index (κ1) is 15.1. The third-order valence-corrected chi connectivity index (χ3v) is 0.698. The maximum absolute atomic E-state index is 10.1. The Balaban J connectivity index is 0. The van der Waals surface area contributed by atoms with Crippen LogP contribution < -0.4 is 0 Å². The van der Waals surface area contributed by atoms with E-state index >= 15 is 0 Å². The van der Waals surface area contributed by atoms with Crippen LogP contribution >= 0.6 is 22.6 Å². The molecule has 0 aromatic carbocycles. The summed E-state index contributed by atoms with van der Waals surface area (Å²) in [6.07, 6.45) is 0. The zero-order valence-electron chi connectivity index (χ0n) is 6.55. The topological polar surface area (TPSA) is 124 Å². The van der Waals surface area contributed by atoms with E-state index in [2.05, 4.69) is 4.74 Å². The Labute approximate surface area is 87.6 Å². The second-order valence-electron chi connectivity index (χ2n) is 1.60. The van der Waals surface area contributed by atoms with Gasteiger partial charge in [-0.2, -0.15) is 0 Å². The monoisotopic (exact) mass is 306 g/mol. The molecular weight excluding hydrogens is 298 g/mol. The fourth-order valence-corrected chi connectivity index (χ4v) is 0.429. The van der Waals surface area contributed by atoms with Crippen LogP contribution in [-0.2, 0) is 14.3 Å². The molecule has 0 heterocycles. The van der Waals surface area contributed by atoms with E-state index in [1.165, 1.54) is 0 Å². The molecule has 0 radical (unpaired) electrons. The van der Waals surface area contributed by atoms with Gasteiger partial charge in [-0.15, -0.1) is 0 Å². The standard InChI is InChI=1S/C4H5IO4.BH3O3/c1-2(5)9-4(8)3(6)7;2-1(3)4/h2H,1H3,(H,6,7);2-4H. The lowest BCUT2D eigenvalue weighted by atomic mass is 10.3. The highest BCUT2D eigenvalue weighted by molar-refractivity contribution is 14.1. The molecule has 76 valence electrons.